The summed E-state index contributed by atoms with van der Waals surface area (Å²) in [6.07, 6.45) is -3.88. The second kappa shape index (κ2) is 12.1. The summed E-state index contributed by atoms with van der Waals surface area (Å²) in [7, 11) is -17.4. The first-order valence-electron chi connectivity index (χ1n) is 8.05. The molecule has 0 radical (unpaired) electrons. The molecule has 19 nitrogen and oxygen atoms in total. The van der Waals surface area contributed by atoms with Crippen molar-refractivity contribution in [3.05, 3.63) is 12.7 Å². The minimum Gasteiger partial charge on any atom is -0.756 e. The van der Waals surface area contributed by atoms with Crippen LogP contribution in [0.15, 0.2) is 12.7 Å². The number of aliphatic hydroxyl groups excluding tert-OH is 2. The van der Waals surface area contributed by atoms with Gasteiger partial charge in [-0.25, -0.2) is 33.4 Å². The van der Waals surface area contributed by atoms with Crippen LogP contribution in [0, 0.1) is 0 Å². The standard InChI is InChI=1S/C10H16N5O14P3.2Mg/c11-8-5-9(13-2-12-8)15(3-14-5)10-7(17)6(16)4(26-10)1-25-30(19,20)28-32(23,24)29-31(21,22)27-18;;/h2-4,6-7,10,16-18H,1H2,(H,19,20)(H,21,22)(H,23,24)(H2,11,12,13);;/q;2*+2/p-2/t4-,6-,7-,10-;;/m1../s1. The number of ether oxygens (including phenoxy) is 1. The van der Waals surface area contributed by atoms with E-state index in [1.165, 1.54) is 10.9 Å². The number of nitrogens with zero attached hydrogens (tertiary/aromatic N) is 4. The molecule has 1 saturated heterocycles. The van der Waals surface area contributed by atoms with Crippen LogP contribution in [-0.4, -0.2) is 111 Å². The zero-order valence-corrected chi connectivity index (χ0v) is 22.2. The van der Waals surface area contributed by atoms with Gasteiger partial charge in [0.25, 0.3) is 7.82 Å². The van der Waals surface area contributed by atoms with Crippen molar-refractivity contribution in [3.63, 3.8) is 0 Å². The fraction of sp³-hybridized carbons (Fsp3) is 0.500. The normalized spacial score (nSPS) is 27.7. The van der Waals surface area contributed by atoms with Gasteiger partial charge in [0.05, 0.1) is 12.9 Å². The summed E-state index contributed by atoms with van der Waals surface area (Å²) in [5.74, 6) is 0.0264. The zero-order valence-electron chi connectivity index (χ0n) is 16.7. The first kappa shape index (κ1) is 32.2. The Morgan fingerprint density at radius 3 is 2.35 bits per heavy atom. The molecule has 7 atom stereocenters. The molecular formula is C10H14Mg2N5O14P3+2. The van der Waals surface area contributed by atoms with Gasteiger partial charge in [0.2, 0.25) is 0 Å². The van der Waals surface area contributed by atoms with E-state index < -0.39 is 54.6 Å². The van der Waals surface area contributed by atoms with Gasteiger partial charge in [-0.1, -0.05) is 0 Å². The van der Waals surface area contributed by atoms with Gasteiger partial charge >= 0.3 is 61.8 Å². The summed E-state index contributed by atoms with van der Waals surface area (Å²) in [5.41, 5.74) is 5.96. The first-order chi connectivity index (χ1) is 14.8. The molecule has 2 aromatic heterocycles. The maximum absolute atomic E-state index is 11.8. The van der Waals surface area contributed by atoms with E-state index in [0.717, 1.165) is 6.33 Å². The summed E-state index contributed by atoms with van der Waals surface area (Å²) < 4.78 is 54.5. The van der Waals surface area contributed by atoms with Crippen LogP contribution in [0.25, 0.3) is 11.2 Å². The summed E-state index contributed by atoms with van der Waals surface area (Å²) >= 11 is 0. The van der Waals surface area contributed by atoms with Crippen LogP contribution in [0.2, 0.25) is 0 Å². The van der Waals surface area contributed by atoms with Gasteiger partial charge in [-0.05, 0) is 0 Å². The number of hydrogen-bond acceptors (Lipinski definition) is 17. The predicted molar refractivity (Wildman–Crippen MR) is 104 cm³/mol. The van der Waals surface area contributed by atoms with Crippen LogP contribution >= 0.6 is 23.5 Å². The number of phosphoric acid groups is 3. The fourth-order valence-electron chi connectivity index (χ4n) is 2.62. The first-order valence-corrected chi connectivity index (χ1v) is 12.5. The van der Waals surface area contributed by atoms with Gasteiger partial charge in [-0.2, -0.15) is 4.67 Å². The quantitative estimate of drug-likeness (QED) is 0.0860. The minimum absolute atomic E-state index is 0. The number of anilines is 1. The van der Waals surface area contributed by atoms with Crippen molar-refractivity contribution in [2.45, 2.75) is 24.5 Å². The molecule has 0 aliphatic carbocycles. The Labute approximate surface area is 221 Å². The van der Waals surface area contributed by atoms with Gasteiger partial charge in [0.15, 0.2) is 17.7 Å². The van der Waals surface area contributed by atoms with E-state index in [2.05, 4.69) is 32.8 Å². The molecule has 2 aromatic rings. The summed E-state index contributed by atoms with van der Waals surface area (Å²) in [5, 5.41) is 28.4. The fourth-order valence-corrected chi connectivity index (χ4v) is 5.64. The molecule has 3 unspecified atom stereocenters. The largest absolute Gasteiger partial charge is 2.00 e. The Hall–Kier alpha value is 0.132. The molecule has 1 aliphatic rings. The number of hydrogen-bond donors (Lipinski definition) is 5. The molecule has 1 fully saturated rings. The zero-order chi connectivity index (χ0) is 23.9. The van der Waals surface area contributed by atoms with Crippen LogP contribution in [0.5, 0.6) is 0 Å². The average molecular weight is 570 g/mol. The van der Waals surface area contributed by atoms with E-state index in [-0.39, 0.29) is 63.1 Å². The number of fused-ring (bicyclic) bond motifs is 1. The molecule has 0 amide bonds. The van der Waals surface area contributed by atoms with Crippen molar-refractivity contribution < 1.29 is 66.4 Å². The van der Waals surface area contributed by atoms with Crippen molar-refractivity contribution in [2.24, 2.45) is 0 Å². The molecule has 0 spiro atoms. The third-order valence-electron chi connectivity index (χ3n) is 3.90. The summed E-state index contributed by atoms with van der Waals surface area (Å²) in [6.45, 7) is -1.02. The van der Waals surface area contributed by atoms with Gasteiger partial charge in [0, 0.05) is 0 Å². The Balaban J connectivity index is 0.00000289. The van der Waals surface area contributed by atoms with Crippen molar-refractivity contribution in [3.8, 4) is 0 Å². The van der Waals surface area contributed by atoms with E-state index in [1.54, 1.807) is 0 Å². The van der Waals surface area contributed by atoms with Crippen LogP contribution in [0.4, 0.5) is 5.82 Å². The predicted octanol–water partition coefficient (Wildman–Crippen LogP) is -3.16. The topological polar surface area (TPSA) is 294 Å². The molecule has 0 bridgehead atoms. The molecule has 34 heavy (non-hydrogen) atoms. The maximum atomic E-state index is 11.8. The van der Waals surface area contributed by atoms with Gasteiger partial charge < -0.3 is 35.4 Å². The number of nitrogen functional groups attached to an aromatic ring is 1. The van der Waals surface area contributed by atoms with E-state index in [0.29, 0.717) is 0 Å². The summed E-state index contributed by atoms with van der Waals surface area (Å²) in [6, 6.07) is 0. The number of rotatable bonds is 9. The molecule has 24 heteroatoms. The smallest absolute Gasteiger partial charge is 0.756 e. The molecule has 0 saturated carbocycles. The van der Waals surface area contributed by atoms with Crippen LogP contribution in [0.1, 0.15) is 6.23 Å². The Morgan fingerprint density at radius 1 is 1.09 bits per heavy atom. The van der Waals surface area contributed by atoms with Crippen molar-refractivity contribution in [2.75, 3.05) is 12.3 Å². The Morgan fingerprint density at radius 2 is 1.74 bits per heavy atom. The molecule has 180 valence electrons. The average Bonchev–Trinajstić information content (AvgIpc) is 3.21. The van der Waals surface area contributed by atoms with Crippen LogP contribution in [-0.2, 0) is 36.3 Å². The van der Waals surface area contributed by atoms with E-state index in [4.69, 9.17) is 15.7 Å². The second-order valence-electron chi connectivity index (χ2n) is 6.03. The van der Waals surface area contributed by atoms with E-state index in [1.807, 2.05) is 0 Å². The van der Waals surface area contributed by atoms with Crippen molar-refractivity contribution >= 4 is 86.6 Å². The minimum atomic E-state index is -6.06. The van der Waals surface area contributed by atoms with Crippen molar-refractivity contribution in [1.82, 2.24) is 19.5 Å². The molecule has 3 heterocycles. The Bertz CT molecular complexity index is 1140. The number of aliphatic hydroxyl groups is 2. The third kappa shape index (κ3) is 7.57. The molecule has 6 N–H and O–H groups in total. The van der Waals surface area contributed by atoms with E-state index in [9.17, 15) is 38.6 Å². The van der Waals surface area contributed by atoms with E-state index >= 15 is 0 Å². The number of nitrogens with two attached hydrogens (primary N) is 1. The van der Waals surface area contributed by atoms with Gasteiger partial charge in [-0.15, -0.1) is 0 Å². The van der Waals surface area contributed by atoms with Crippen molar-refractivity contribution in [1.29, 1.82) is 0 Å². The van der Waals surface area contributed by atoms with Gasteiger partial charge in [-0.3, -0.25) is 18.2 Å². The molecule has 1 aliphatic heterocycles. The maximum Gasteiger partial charge on any atom is 2.00 e. The molecule has 3 rings (SSSR count). The monoisotopic (exact) mass is 569 g/mol. The SMILES string of the molecule is Nc1ncnc2c1ncn2[C@@H]1O[C@H](COP(=O)(O)OP(=O)([O-])OP(=O)([O-])OO)[C@@H](O)[C@H]1O.[Mg+2].[Mg+2]. The number of imidazole rings is 1. The van der Waals surface area contributed by atoms with Crippen LogP contribution in [0.3, 0.4) is 0 Å². The Kier molecular flexibility index (Phi) is 11.5. The number of aromatic nitrogens is 4. The van der Waals surface area contributed by atoms with Gasteiger partial charge in [0.1, 0.15) is 30.2 Å². The molecule has 0 aromatic carbocycles. The third-order valence-corrected chi connectivity index (χ3v) is 7.80. The second-order valence-corrected chi connectivity index (χ2v) is 10.5. The summed E-state index contributed by atoms with van der Waals surface area (Å²) in [4.78, 5) is 43.2. The molecular weight excluding hydrogens is 556 g/mol. The number of phosphoric ester groups is 1. The van der Waals surface area contributed by atoms with Crippen LogP contribution < -0.4 is 15.5 Å².